The summed E-state index contributed by atoms with van der Waals surface area (Å²) in [7, 11) is -3.16. The summed E-state index contributed by atoms with van der Waals surface area (Å²) in [5.74, 6) is -0.505. The molecule has 0 unspecified atom stereocenters. The number of fused-ring (bicyclic) bond motifs is 5. The molecular formula is C27H25ClF2N6O2S. The van der Waals surface area contributed by atoms with Gasteiger partial charge in [0.15, 0.2) is 11.6 Å². The summed E-state index contributed by atoms with van der Waals surface area (Å²) >= 11 is 6.53. The molecule has 0 aliphatic heterocycles. The van der Waals surface area contributed by atoms with E-state index in [0.717, 1.165) is 29.7 Å². The van der Waals surface area contributed by atoms with Gasteiger partial charge in [0.2, 0.25) is 0 Å². The van der Waals surface area contributed by atoms with E-state index in [1.807, 2.05) is 12.1 Å². The molecule has 1 saturated carbocycles. The average Bonchev–Trinajstić information content (AvgIpc) is 3.50. The Kier molecular flexibility index (Phi) is 5.89. The van der Waals surface area contributed by atoms with E-state index in [0.29, 0.717) is 11.6 Å². The molecule has 2 aliphatic carbocycles. The number of pyridine rings is 1. The second-order valence-electron chi connectivity index (χ2n) is 10.9. The van der Waals surface area contributed by atoms with E-state index in [1.165, 1.54) is 35.5 Å². The van der Waals surface area contributed by atoms with Gasteiger partial charge in [-0.25, -0.2) is 31.8 Å². The first-order chi connectivity index (χ1) is 18.4. The summed E-state index contributed by atoms with van der Waals surface area (Å²) in [6.07, 6.45) is 4.49. The van der Waals surface area contributed by atoms with E-state index in [4.69, 9.17) is 11.6 Å². The Morgan fingerprint density at radius 2 is 1.87 bits per heavy atom. The van der Waals surface area contributed by atoms with Crippen LogP contribution in [0.2, 0.25) is 5.15 Å². The summed E-state index contributed by atoms with van der Waals surface area (Å²) in [4.78, 5) is 8.68. The fourth-order valence-corrected chi connectivity index (χ4v) is 7.23. The number of benzene rings is 1. The monoisotopic (exact) mass is 570 g/mol. The van der Waals surface area contributed by atoms with E-state index >= 15 is 0 Å². The Labute approximate surface area is 229 Å². The van der Waals surface area contributed by atoms with Crippen molar-refractivity contribution in [3.63, 3.8) is 0 Å². The van der Waals surface area contributed by atoms with Crippen molar-refractivity contribution in [3.05, 3.63) is 82.2 Å². The van der Waals surface area contributed by atoms with Crippen molar-refractivity contribution in [2.75, 3.05) is 12.0 Å². The largest absolute Gasteiger partial charge is 0.229 e. The molecule has 0 amide bonds. The molecule has 202 valence electrons. The van der Waals surface area contributed by atoms with Crippen molar-refractivity contribution >= 4 is 21.4 Å². The fourth-order valence-electron chi connectivity index (χ4n) is 6.48. The highest BCUT2D eigenvalue weighted by Crippen LogP contribution is 2.69. The van der Waals surface area contributed by atoms with Crippen LogP contribution in [-0.2, 0) is 21.7 Å². The Morgan fingerprint density at radius 1 is 1.13 bits per heavy atom. The summed E-state index contributed by atoms with van der Waals surface area (Å²) in [5.41, 5.74) is 1.70. The third-order valence-electron chi connectivity index (χ3n) is 8.34. The third kappa shape index (κ3) is 4.05. The molecule has 1 aromatic carbocycles. The Bertz CT molecular complexity index is 1720. The number of aromatic nitrogens is 6. The minimum absolute atomic E-state index is 0.0574. The summed E-state index contributed by atoms with van der Waals surface area (Å²) in [6.45, 7) is 4.34. The van der Waals surface area contributed by atoms with Crippen molar-refractivity contribution < 1.29 is 17.2 Å². The molecule has 6 rings (SSSR count). The normalized spacial score (nSPS) is 21.3. The second-order valence-corrected chi connectivity index (χ2v) is 13.5. The van der Waals surface area contributed by atoms with Crippen molar-refractivity contribution in [1.29, 1.82) is 0 Å². The summed E-state index contributed by atoms with van der Waals surface area (Å²) in [5, 5.41) is 13.6. The summed E-state index contributed by atoms with van der Waals surface area (Å²) < 4.78 is 53.7. The molecule has 3 aromatic heterocycles. The number of hydrogen-bond acceptors (Lipinski definition) is 7. The van der Waals surface area contributed by atoms with Crippen LogP contribution in [0.5, 0.6) is 0 Å². The average molecular weight is 571 g/mol. The highest BCUT2D eigenvalue weighted by molar-refractivity contribution is 7.90. The molecule has 0 N–H and O–H groups in total. The first-order valence-electron chi connectivity index (χ1n) is 12.5. The van der Waals surface area contributed by atoms with Gasteiger partial charge in [0.1, 0.15) is 33.0 Å². The van der Waals surface area contributed by atoms with Crippen LogP contribution in [0.25, 0.3) is 17.1 Å². The van der Waals surface area contributed by atoms with E-state index < -0.39 is 26.9 Å². The SMILES string of the molecule is CC1(C)[C@H]2CC[C@]1(c1cc(Cl)nc(-n3cnc(CCS(C)(=O)=O)n3)c1)c1nnc(-c3c(F)cccc3F)cc12. The lowest BCUT2D eigenvalue weighted by Crippen LogP contribution is -2.37. The minimum atomic E-state index is -3.16. The van der Waals surface area contributed by atoms with Gasteiger partial charge in [-0.2, -0.15) is 5.10 Å². The van der Waals surface area contributed by atoms with Gasteiger partial charge in [0.25, 0.3) is 0 Å². The lowest BCUT2D eigenvalue weighted by atomic mass is 9.64. The molecule has 2 atom stereocenters. The highest BCUT2D eigenvalue weighted by Gasteiger charge is 2.64. The Morgan fingerprint density at radius 3 is 2.59 bits per heavy atom. The first-order valence-corrected chi connectivity index (χ1v) is 14.9. The van der Waals surface area contributed by atoms with E-state index in [9.17, 15) is 17.2 Å². The van der Waals surface area contributed by atoms with Gasteiger partial charge in [0.05, 0.1) is 22.7 Å². The maximum atomic E-state index is 14.6. The zero-order chi connectivity index (χ0) is 27.7. The predicted octanol–water partition coefficient (Wildman–Crippen LogP) is 4.84. The van der Waals surface area contributed by atoms with E-state index in [1.54, 1.807) is 6.07 Å². The van der Waals surface area contributed by atoms with E-state index in [2.05, 4.69) is 39.1 Å². The molecule has 0 radical (unpaired) electrons. The summed E-state index contributed by atoms with van der Waals surface area (Å²) in [6, 6.07) is 9.23. The Hall–Kier alpha value is -3.31. The van der Waals surface area contributed by atoms with Crippen molar-refractivity contribution in [2.24, 2.45) is 5.41 Å². The lowest BCUT2D eigenvalue weighted by Gasteiger charge is -2.38. The predicted molar refractivity (Wildman–Crippen MR) is 141 cm³/mol. The van der Waals surface area contributed by atoms with Gasteiger partial charge < -0.3 is 0 Å². The van der Waals surface area contributed by atoms with Crippen LogP contribution in [0.1, 0.15) is 55.3 Å². The zero-order valence-corrected chi connectivity index (χ0v) is 23.1. The molecule has 2 bridgehead atoms. The van der Waals surface area contributed by atoms with Crippen LogP contribution < -0.4 is 0 Å². The number of halogens is 3. The molecule has 0 spiro atoms. The molecule has 1 fully saturated rings. The van der Waals surface area contributed by atoms with Crippen LogP contribution in [-0.4, -0.2) is 50.4 Å². The van der Waals surface area contributed by atoms with Gasteiger partial charge in [0, 0.05) is 18.1 Å². The van der Waals surface area contributed by atoms with Gasteiger partial charge >= 0.3 is 0 Å². The van der Waals surface area contributed by atoms with E-state index in [-0.39, 0.29) is 39.9 Å². The number of rotatable bonds is 6. The topological polar surface area (TPSA) is 104 Å². The number of nitrogens with zero attached hydrogens (tertiary/aromatic N) is 6. The molecule has 39 heavy (non-hydrogen) atoms. The van der Waals surface area contributed by atoms with Gasteiger partial charge in [-0.05, 0) is 65.6 Å². The molecule has 0 saturated heterocycles. The minimum Gasteiger partial charge on any atom is -0.229 e. The number of sulfone groups is 1. The van der Waals surface area contributed by atoms with Gasteiger partial charge in [-0.15, -0.1) is 10.2 Å². The van der Waals surface area contributed by atoms with Gasteiger partial charge in [-0.3, -0.25) is 0 Å². The molecule has 8 nitrogen and oxygen atoms in total. The van der Waals surface area contributed by atoms with Crippen molar-refractivity contribution in [1.82, 2.24) is 29.9 Å². The van der Waals surface area contributed by atoms with Crippen LogP contribution in [0.15, 0.2) is 42.7 Å². The molecular weight excluding hydrogens is 546 g/mol. The lowest BCUT2D eigenvalue weighted by molar-refractivity contribution is 0.248. The molecule has 2 aliphatic rings. The van der Waals surface area contributed by atoms with Crippen LogP contribution in [0, 0.1) is 17.0 Å². The number of hydrogen-bond donors (Lipinski definition) is 0. The van der Waals surface area contributed by atoms with Crippen molar-refractivity contribution in [2.45, 2.75) is 44.4 Å². The Balaban J connectivity index is 1.44. The third-order valence-corrected chi connectivity index (χ3v) is 9.48. The smallest absolute Gasteiger partial charge is 0.157 e. The first kappa shape index (κ1) is 25.9. The quantitative estimate of drug-likeness (QED) is 0.305. The van der Waals surface area contributed by atoms with Crippen LogP contribution in [0.4, 0.5) is 8.78 Å². The fraction of sp³-hybridized carbons (Fsp3) is 0.370. The molecule has 4 aromatic rings. The van der Waals surface area contributed by atoms with Crippen molar-refractivity contribution in [3.8, 4) is 17.1 Å². The second kappa shape index (κ2) is 8.85. The zero-order valence-electron chi connectivity index (χ0n) is 21.5. The highest BCUT2D eigenvalue weighted by atomic mass is 35.5. The maximum Gasteiger partial charge on any atom is 0.157 e. The maximum absolute atomic E-state index is 14.6. The van der Waals surface area contributed by atoms with Crippen LogP contribution >= 0.6 is 11.6 Å². The van der Waals surface area contributed by atoms with Crippen LogP contribution in [0.3, 0.4) is 0 Å². The molecule has 3 heterocycles. The number of aryl methyl sites for hydroxylation is 1. The molecule has 12 heteroatoms. The standard InChI is InChI=1S/C27H25ClF2N6O2S/c1-26(2)17-7-9-27(26,25-16(17)13-20(33-34-25)24-18(29)5-4-6-19(24)30)15-11-21(28)32-23(12-15)36-14-31-22(35-36)8-10-39(3,37)38/h4-6,11-14,17H,7-10H2,1-3H3/t17-,27-/m0/s1. The van der Waals surface area contributed by atoms with Gasteiger partial charge in [-0.1, -0.05) is 31.5 Å².